The number of carbonyl (C=O) groups is 2. The summed E-state index contributed by atoms with van der Waals surface area (Å²) in [7, 11) is 0. The second kappa shape index (κ2) is 5.61. The Hall–Kier alpha value is -2.28. The number of amides is 1. The fourth-order valence-corrected chi connectivity index (χ4v) is 3.75. The van der Waals surface area contributed by atoms with Crippen molar-refractivity contribution in [3.05, 3.63) is 40.3 Å². The largest absolute Gasteiger partial charge is 0.478 e. The first-order valence-electron chi connectivity index (χ1n) is 6.61. The third-order valence-electron chi connectivity index (χ3n) is 3.43. The van der Waals surface area contributed by atoms with Crippen LogP contribution < -0.4 is 5.32 Å². The highest BCUT2D eigenvalue weighted by Crippen LogP contribution is 2.38. The molecule has 1 aliphatic rings. The molecule has 0 fully saturated rings. The Morgan fingerprint density at radius 2 is 1.90 bits per heavy atom. The van der Waals surface area contributed by atoms with E-state index in [4.69, 9.17) is 0 Å². The highest BCUT2D eigenvalue weighted by molar-refractivity contribution is 7.17. The van der Waals surface area contributed by atoms with Crippen molar-refractivity contribution >= 4 is 28.2 Å². The van der Waals surface area contributed by atoms with Gasteiger partial charge in [0.05, 0.1) is 11.1 Å². The molecule has 0 aliphatic heterocycles. The molecule has 21 heavy (non-hydrogen) atoms. The highest BCUT2D eigenvalue weighted by atomic mass is 32.1. The number of aromatic nitrogens is 2. The van der Waals surface area contributed by atoms with Gasteiger partial charge in [0, 0.05) is 17.3 Å². The average Bonchev–Trinajstić information content (AvgIpc) is 2.86. The van der Waals surface area contributed by atoms with Crippen LogP contribution >= 0.6 is 11.3 Å². The van der Waals surface area contributed by atoms with Crippen LogP contribution in [0.3, 0.4) is 0 Å². The highest BCUT2D eigenvalue weighted by Gasteiger charge is 2.26. The summed E-state index contributed by atoms with van der Waals surface area (Å²) >= 11 is 1.36. The molecule has 0 atom stereocenters. The maximum atomic E-state index is 12.1. The number of hydrogen-bond donors (Lipinski definition) is 2. The van der Waals surface area contributed by atoms with E-state index in [1.807, 2.05) is 0 Å². The van der Waals surface area contributed by atoms with Crippen LogP contribution in [0.5, 0.6) is 0 Å². The first-order chi connectivity index (χ1) is 10.2. The molecule has 2 N–H and O–H groups in total. The molecule has 6 nitrogen and oxygen atoms in total. The molecule has 7 heteroatoms. The fourth-order valence-electron chi connectivity index (χ4n) is 2.47. The smallest absolute Gasteiger partial charge is 0.339 e. The molecule has 1 aliphatic carbocycles. The lowest BCUT2D eigenvalue weighted by molar-refractivity contribution is 0.0697. The lowest BCUT2D eigenvalue weighted by Gasteiger charge is -2.10. The molecular formula is C14H13N3O3S. The molecule has 2 aromatic rings. The van der Waals surface area contributed by atoms with E-state index in [1.54, 1.807) is 0 Å². The molecule has 2 heterocycles. The second-order valence-corrected chi connectivity index (χ2v) is 5.91. The number of rotatable bonds is 3. The van der Waals surface area contributed by atoms with Gasteiger partial charge in [0.15, 0.2) is 0 Å². The SMILES string of the molecule is O=C(Nc1sc2c(c1C(=O)O)CCCC2)c1cncnc1. The predicted octanol–water partition coefficient (Wildman–Crippen LogP) is 2.37. The lowest BCUT2D eigenvalue weighted by atomic mass is 9.95. The summed E-state index contributed by atoms with van der Waals surface area (Å²) in [4.78, 5) is 32.3. The van der Waals surface area contributed by atoms with Crippen molar-refractivity contribution in [2.24, 2.45) is 0 Å². The number of aryl methyl sites for hydroxylation is 1. The number of nitrogens with zero attached hydrogens (tertiary/aromatic N) is 2. The van der Waals surface area contributed by atoms with Gasteiger partial charge in [0.1, 0.15) is 11.3 Å². The van der Waals surface area contributed by atoms with E-state index >= 15 is 0 Å². The number of carboxylic acids is 1. The minimum absolute atomic E-state index is 0.236. The van der Waals surface area contributed by atoms with Gasteiger partial charge in [-0.2, -0.15) is 0 Å². The number of nitrogens with one attached hydrogen (secondary N) is 1. The molecule has 0 unspecified atom stereocenters. The Labute approximate surface area is 124 Å². The summed E-state index contributed by atoms with van der Waals surface area (Å²) in [5.74, 6) is -1.38. The first-order valence-corrected chi connectivity index (χ1v) is 7.42. The monoisotopic (exact) mass is 303 g/mol. The second-order valence-electron chi connectivity index (χ2n) is 4.80. The normalized spacial score (nSPS) is 13.5. The van der Waals surface area contributed by atoms with Crippen LogP contribution in [0.25, 0.3) is 0 Å². The van der Waals surface area contributed by atoms with E-state index in [9.17, 15) is 14.7 Å². The van der Waals surface area contributed by atoms with Crippen molar-refractivity contribution in [1.82, 2.24) is 9.97 Å². The van der Waals surface area contributed by atoms with Gasteiger partial charge >= 0.3 is 5.97 Å². The number of carboxylic acid groups (broad SMARTS) is 1. The van der Waals surface area contributed by atoms with Crippen LogP contribution in [0.1, 0.15) is 44.0 Å². The van der Waals surface area contributed by atoms with Gasteiger partial charge in [0.2, 0.25) is 0 Å². The standard InChI is InChI=1S/C14H13N3O3S/c18-12(8-5-15-7-16-6-8)17-13-11(14(19)20)9-3-1-2-4-10(9)21-13/h5-7H,1-4H2,(H,17,18)(H,19,20). The van der Waals surface area contributed by atoms with Gasteiger partial charge in [-0.25, -0.2) is 14.8 Å². The van der Waals surface area contributed by atoms with Crippen LogP contribution in [0.2, 0.25) is 0 Å². The van der Waals surface area contributed by atoms with Gasteiger partial charge in [0.25, 0.3) is 5.91 Å². The Kier molecular flexibility index (Phi) is 3.66. The first kappa shape index (κ1) is 13.7. The van der Waals surface area contributed by atoms with E-state index < -0.39 is 11.9 Å². The number of anilines is 1. The molecule has 0 saturated heterocycles. The van der Waals surface area contributed by atoms with Gasteiger partial charge in [-0.3, -0.25) is 4.79 Å². The maximum Gasteiger partial charge on any atom is 0.339 e. The number of hydrogen-bond acceptors (Lipinski definition) is 5. The third-order valence-corrected chi connectivity index (χ3v) is 4.64. The van der Waals surface area contributed by atoms with Gasteiger partial charge < -0.3 is 10.4 Å². The Morgan fingerprint density at radius 1 is 1.19 bits per heavy atom. The Bertz CT molecular complexity index is 697. The van der Waals surface area contributed by atoms with Crippen LogP contribution in [0.15, 0.2) is 18.7 Å². The van der Waals surface area contributed by atoms with Crippen molar-refractivity contribution in [1.29, 1.82) is 0 Å². The average molecular weight is 303 g/mol. The fraction of sp³-hybridized carbons (Fsp3) is 0.286. The van der Waals surface area contributed by atoms with E-state index in [1.165, 1.54) is 30.1 Å². The van der Waals surface area contributed by atoms with Gasteiger partial charge in [-0.1, -0.05) is 0 Å². The van der Waals surface area contributed by atoms with Gasteiger partial charge in [-0.05, 0) is 31.2 Å². The third kappa shape index (κ3) is 2.64. The van der Waals surface area contributed by atoms with Gasteiger partial charge in [-0.15, -0.1) is 11.3 Å². The molecule has 1 amide bonds. The molecule has 0 spiro atoms. The van der Waals surface area contributed by atoms with Crippen molar-refractivity contribution < 1.29 is 14.7 Å². The molecule has 2 aromatic heterocycles. The van der Waals surface area contributed by atoms with Crippen molar-refractivity contribution in [3.63, 3.8) is 0 Å². The van der Waals surface area contributed by atoms with Crippen molar-refractivity contribution in [2.75, 3.05) is 5.32 Å². The molecule has 0 radical (unpaired) electrons. The van der Waals surface area contributed by atoms with Crippen LogP contribution in [-0.2, 0) is 12.8 Å². The van der Waals surface area contributed by atoms with Crippen LogP contribution in [0.4, 0.5) is 5.00 Å². The molecule has 0 saturated carbocycles. The molecule has 0 bridgehead atoms. The molecular weight excluding hydrogens is 290 g/mol. The number of fused-ring (bicyclic) bond motifs is 1. The van der Waals surface area contributed by atoms with E-state index in [0.717, 1.165) is 36.1 Å². The summed E-state index contributed by atoms with van der Waals surface area (Å²) in [5.41, 5.74) is 1.42. The van der Waals surface area contributed by atoms with Crippen molar-refractivity contribution in [3.8, 4) is 0 Å². The summed E-state index contributed by atoms with van der Waals surface area (Å²) in [6, 6.07) is 0. The maximum absolute atomic E-state index is 12.1. The van der Waals surface area contributed by atoms with E-state index in [0.29, 0.717) is 10.6 Å². The van der Waals surface area contributed by atoms with Crippen molar-refractivity contribution in [2.45, 2.75) is 25.7 Å². The Balaban J connectivity index is 1.94. The van der Waals surface area contributed by atoms with E-state index in [-0.39, 0.29) is 5.56 Å². The summed E-state index contributed by atoms with van der Waals surface area (Å²) < 4.78 is 0. The summed E-state index contributed by atoms with van der Waals surface area (Å²) in [6.07, 6.45) is 7.83. The van der Waals surface area contributed by atoms with Crippen LogP contribution in [0, 0.1) is 0 Å². The van der Waals surface area contributed by atoms with E-state index in [2.05, 4.69) is 15.3 Å². The predicted molar refractivity (Wildman–Crippen MR) is 77.9 cm³/mol. The topological polar surface area (TPSA) is 92.2 Å². The zero-order valence-electron chi connectivity index (χ0n) is 11.1. The number of carbonyl (C=O) groups excluding carboxylic acids is 1. The number of aromatic carboxylic acids is 1. The lowest BCUT2D eigenvalue weighted by Crippen LogP contribution is -2.14. The zero-order valence-corrected chi connectivity index (χ0v) is 11.9. The minimum Gasteiger partial charge on any atom is -0.478 e. The Morgan fingerprint density at radius 3 is 2.62 bits per heavy atom. The molecule has 108 valence electrons. The zero-order chi connectivity index (χ0) is 14.8. The summed E-state index contributed by atoms with van der Waals surface area (Å²) in [5, 5.41) is 12.5. The van der Waals surface area contributed by atoms with Crippen LogP contribution in [-0.4, -0.2) is 27.0 Å². The minimum atomic E-state index is -0.992. The molecule has 0 aromatic carbocycles. The summed E-state index contributed by atoms with van der Waals surface area (Å²) in [6.45, 7) is 0. The number of thiophene rings is 1. The quantitative estimate of drug-likeness (QED) is 0.908. The molecule has 3 rings (SSSR count).